The summed E-state index contributed by atoms with van der Waals surface area (Å²) in [5.41, 5.74) is 9.46. The fourth-order valence-corrected chi connectivity index (χ4v) is 3.08. The van der Waals surface area contributed by atoms with E-state index in [9.17, 15) is 18.0 Å². The Morgan fingerprint density at radius 3 is 2.45 bits per heavy atom. The summed E-state index contributed by atoms with van der Waals surface area (Å²) >= 11 is 0. The van der Waals surface area contributed by atoms with Crippen molar-refractivity contribution in [3.8, 4) is 5.75 Å². The number of fused-ring (bicyclic) bond motifs is 1. The SMILES string of the molecule is Cc1nc(N)c2nc(C)n(CCNC(=O)c3ccc(OC(F)(F)F)cc3)c2c1C. The smallest absolute Gasteiger partial charge is 0.406 e. The van der Waals surface area contributed by atoms with Crippen molar-refractivity contribution in [2.45, 2.75) is 33.7 Å². The van der Waals surface area contributed by atoms with Gasteiger partial charge in [-0.2, -0.15) is 0 Å². The molecule has 0 aliphatic heterocycles. The number of hydrogen-bond donors (Lipinski definition) is 2. The third-order valence-electron chi connectivity index (χ3n) is 4.56. The number of hydrogen-bond acceptors (Lipinski definition) is 5. The summed E-state index contributed by atoms with van der Waals surface area (Å²) in [6.45, 7) is 6.39. The monoisotopic (exact) mass is 407 g/mol. The fraction of sp³-hybridized carbons (Fsp3) is 0.316. The van der Waals surface area contributed by atoms with Crippen molar-refractivity contribution in [3.05, 3.63) is 46.9 Å². The van der Waals surface area contributed by atoms with Gasteiger partial charge in [0.25, 0.3) is 5.91 Å². The summed E-state index contributed by atoms with van der Waals surface area (Å²) in [5.74, 6) is 0.312. The van der Waals surface area contributed by atoms with Gasteiger partial charge in [-0.3, -0.25) is 4.79 Å². The number of carbonyl (C=O) groups is 1. The van der Waals surface area contributed by atoms with E-state index < -0.39 is 12.3 Å². The molecule has 0 spiro atoms. The number of pyridine rings is 1. The zero-order valence-electron chi connectivity index (χ0n) is 16.1. The van der Waals surface area contributed by atoms with Crippen LogP contribution < -0.4 is 15.8 Å². The molecule has 0 atom stereocenters. The van der Waals surface area contributed by atoms with Crippen LogP contribution in [0.15, 0.2) is 24.3 Å². The lowest BCUT2D eigenvalue weighted by atomic mass is 10.2. The first kappa shape index (κ1) is 20.4. The second-order valence-corrected chi connectivity index (χ2v) is 6.54. The molecule has 0 saturated carbocycles. The van der Waals surface area contributed by atoms with Crippen LogP contribution >= 0.6 is 0 Å². The van der Waals surface area contributed by atoms with Crippen LogP contribution in [0.25, 0.3) is 11.0 Å². The number of carbonyl (C=O) groups excluding carboxylic acids is 1. The van der Waals surface area contributed by atoms with E-state index in [4.69, 9.17) is 5.73 Å². The molecule has 0 aliphatic rings. The molecule has 1 amide bonds. The first-order chi connectivity index (χ1) is 13.6. The van der Waals surface area contributed by atoms with E-state index >= 15 is 0 Å². The average molecular weight is 407 g/mol. The van der Waals surface area contributed by atoms with Crippen LogP contribution in [0, 0.1) is 20.8 Å². The van der Waals surface area contributed by atoms with E-state index in [1.165, 1.54) is 12.1 Å². The van der Waals surface area contributed by atoms with Crippen molar-refractivity contribution < 1.29 is 22.7 Å². The molecule has 7 nitrogen and oxygen atoms in total. The Morgan fingerprint density at radius 1 is 1.17 bits per heavy atom. The normalized spacial score (nSPS) is 11.7. The largest absolute Gasteiger partial charge is 0.573 e. The van der Waals surface area contributed by atoms with Crippen molar-refractivity contribution in [1.82, 2.24) is 19.9 Å². The number of ether oxygens (including phenoxy) is 1. The molecule has 1 aromatic carbocycles. The lowest BCUT2D eigenvalue weighted by Gasteiger charge is -2.12. The molecule has 2 aromatic heterocycles. The third kappa shape index (κ3) is 4.41. The van der Waals surface area contributed by atoms with Gasteiger partial charge in [0.1, 0.15) is 17.1 Å². The minimum atomic E-state index is -4.77. The van der Waals surface area contributed by atoms with E-state index in [-0.39, 0.29) is 11.3 Å². The summed E-state index contributed by atoms with van der Waals surface area (Å²) in [4.78, 5) is 21.0. The lowest BCUT2D eigenvalue weighted by Crippen LogP contribution is -2.27. The quantitative estimate of drug-likeness (QED) is 0.677. The van der Waals surface area contributed by atoms with Gasteiger partial charge < -0.3 is 20.4 Å². The number of amides is 1. The summed E-state index contributed by atoms with van der Waals surface area (Å²) in [7, 11) is 0. The van der Waals surface area contributed by atoms with Gasteiger partial charge in [0.2, 0.25) is 0 Å². The number of nitrogen functional groups attached to an aromatic ring is 1. The summed E-state index contributed by atoms with van der Waals surface area (Å²) in [5, 5.41) is 2.75. The highest BCUT2D eigenvalue weighted by molar-refractivity contribution is 5.94. The van der Waals surface area contributed by atoms with Crippen LogP contribution in [0.4, 0.5) is 19.0 Å². The van der Waals surface area contributed by atoms with Crippen LogP contribution in [0.3, 0.4) is 0 Å². The number of halogens is 3. The molecule has 0 aliphatic carbocycles. The first-order valence-corrected chi connectivity index (χ1v) is 8.80. The molecule has 3 N–H and O–H groups in total. The van der Waals surface area contributed by atoms with Crippen LogP contribution in [-0.4, -0.2) is 33.3 Å². The van der Waals surface area contributed by atoms with Gasteiger partial charge in [-0.05, 0) is 50.6 Å². The maximum Gasteiger partial charge on any atom is 0.573 e. The van der Waals surface area contributed by atoms with Gasteiger partial charge in [0.15, 0.2) is 5.82 Å². The van der Waals surface area contributed by atoms with E-state index in [0.717, 1.165) is 34.7 Å². The molecule has 0 fully saturated rings. The Bertz CT molecular complexity index is 1060. The van der Waals surface area contributed by atoms with Crippen molar-refractivity contribution in [1.29, 1.82) is 0 Å². The molecule has 2 heterocycles. The predicted molar refractivity (Wildman–Crippen MR) is 102 cm³/mol. The number of nitrogens with two attached hydrogens (primary N) is 1. The van der Waals surface area contributed by atoms with E-state index in [0.29, 0.717) is 24.4 Å². The summed E-state index contributed by atoms with van der Waals surface area (Å²) in [6, 6.07) is 4.73. The second-order valence-electron chi connectivity index (χ2n) is 6.54. The Morgan fingerprint density at radius 2 is 1.83 bits per heavy atom. The number of nitrogens with zero attached hydrogens (tertiary/aromatic N) is 3. The van der Waals surface area contributed by atoms with E-state index in [1.54, 1.807) is 0 Å². The Balaban J connectivity index is 1.69. The third-order valence-corrected chi connectivity index (χ3v) is 4.56. The number of aromatic nitrogens is 3. The molecular formula is C19H20F3N5O2. The minimum Gasteiger partial charge on any atom is -0.406 e. The zero-order valence-corrected chi connectivity index (χ0v) is 16.1. The van der Waals surface area contributed by atoms with E-state index in [1.807, 2.05) is 25.3 Å². The summed E-state index contributed by atoms with van der Waals surface area (Å²) in [6.07, 6.45) is -4.77. The molecular weight excluding hydrogens is 387 g/mol. The van der Waals surface area contributed by atoms with Gasteiger partial charge >= 0.3 is 6.36 Å². The highest BCUT2D eigenvalue weighted by Crippen LogP contribution is 2.26. The molecule has 0 saturated heterocycles. The number of anilines is 1. The Hall–Kier alpha value is -3.30. The zero-order chi connectivity index (χ0) is 21.3. The Kier molecular flexibility index (Phi) is 5.36. The highest BCUT2D eigenvalue weighted by atomic mass is 19.4. The number of imidazole rings is 1. The van der Waals surface area contributed by atoms with Crippen LogP contribution in [-0.2, 0) is 6.54 Å². The second kappa shape index (κ2) is 7.61. The van der Waals surface area contributed by atoms with Crippen molar-refractivity contribution in [2.24, 2.45) is 0 Å². The number of rotatable bonds is 5. The molecule has 29 heavy (non-hydrogen) atoms. The number of alkyl halides is 3. The molecule has 10 heteroatoms. The van der Waals surface area contributed by atoms with Crippen molar-refractivity contribution in [3.63, 3.8) is 0 Å². The molecule has 3 rings (SSSR count). The van der Waals surface area contributed by atoms with Gasteiger partial charge in [-0.1, -0.05) is 0 Å². The average Bonchev–Trinajstić information content (AvgIpc) is 2.96. The molecule has 0 unspecified atom stereocenters. The van der Waals surface area contributed by atoms with Crippen LogP contribution in [0.1, 0.15) is 27.4 Å². The molecule has 3 aromatic rings. The number of nitrogens with one attached hydrogen (secondary N) is 1. The minimum absolute atomic E-state index is 0.229. The molecule has 0 bridgehead atoms. The van der Waals surface area contributed by atoms with Crippen molar-refractivity contribution in [2.75, 3.05) is 12.3 Å². The molecule has 154 valence electrons. The van der Waals surface area contributed by atoms with Gasteiger partial charge in [-0.15, -0.1) is 13.2 Å². The van der Waals surface area contributed by atoms with Gasteiger partial charge in [0.05, 0.1) is 5.52 Å². The van der Waals surface area contributed by atoms with Gasteiger partial charge in [0, 0.05) is 24.3 Å². The van der Waals surface area contributed by atoms with Crippen molar-refractivity contribution >= 4 is 22.8 Å². The van der Waals surface area contributed by atoms with Crippen LogP contribution in [0.2, 0.25) is 0 Å². The van der Waals surface area contributed by atoms with Gasteiger partial charge in [-0.25, -0.2) is 9.97 Å². The molecule has 0 radical (unpaired) electrons. The Labute approximate surface area is 164 Å². The maximum absolute atomic E-state index is 12.3. The lowest BCUT2D eigenvalue weighted by molar-refractivity contribution is -0.274. The standard InChI is InChI=1S/C19H20F3N5O2/c1-10-11(2)25-17(23)15-16(10)27(12(3)26-15)9-8-24-18(28)13-4-6-14(7-5-13)29-19(20,21)22/h4-7H,8-9H2,1-3H3,(H2,23,25)(H,24,28). The topological polar surface area (TPSA) is 95.1 Å². The maximum atomic E-state index is 12.3. The highest BCUT2D eigenvalue weighted by Gasteiger charge is 2.31. The number of aryl methyl sites for hydroxylation is 3. The number of benzene rings is 1. The summed E-state index contributed by atoms with van der Waals surface area (Å²) < 4.78 is 42.4. The van der Waals surface area contributed by atoms with Crippen LogP contribution in [0.5, 0.6) is 5.75 Å². The predicted octanol–water partition coefficient (Wildman–Crippen LogP) is 3.27. The first-order valence-electron chi connectivity index (χ1n) is 8.80. The van der Waals surface area contributed by atoms with E-state index in [2.05, 4.69) is 20.0 Å². The fourth-order valence-electron chi connectivity index (χ4n) is 3.08.